The molecule has 0 aliphatic rings. The van der Waals surface area contributed by atoms with Crippen LogP contribution in [0.1, 0.15) is 0 Å². The summed E-state index contributed by atoms with van der Waals surface area (Å²) in [5.41, 5.74) is 6.36. The molecule has 1 aromatic heterocycles. The molecule has 0 amide bonds. The molecule has 0 aliphatic heterocycles. The predicted molar refractivity (Wildman–Crippen MR) is 79.7 cm³/mol. The van der Waals surface area contributed by atoms with Gasteiger partial charge in [-0.15, -0.1) is 0 Å². The van der Waals surface area contributed by atoms with Crippen molar-refractivity contribution in [3.8, 4) is 0 Å². The van der Waals surface area contributed by atoms with Crippen molar-refractivity contribution in [3.63, 3.8) is 0 Å². The van der Waals surface area contributed by atoms with Gasteiger partial charge in [0.15, 0.2) is 5.03 Å². The first-order valence-corrected chi connectivity index (χ1v) is 7.66. The number of hydrogen-bond acceptors (Lipinski definition) is 4. The SMILES string of the molecule is CN(c1cc(Cl)ccc1N)S(=O)(=O)c1c(Cl)cnn1C. The lowest BCUT2D eigenvalue weighted by atomic mass is 10.3. The fraction of sp³-hybridized carbons (Fsp3) is 0.182. The molecule has 0 bridgehead atoms. The highest BCUT2D eigenvalue weighted by atomic mass is 35.5. The van der Waals surface area contributed by atoms with Crippen molar-refractivity contribution in [1.82, 2.24) is 9.78 Å². The first kappa shape index (κ1) is 15.0. The zero-order chi connectivity index (χ0) is 15.1. The molecule has 6 nitrogen and oxygen atoms in total. The molecule has 0 fully saturated rings. The topological polar surface area (TPSA) is 81.2 Å². The van der Waals surface area contributed by atoms with Crippen LogP contribution in [0.2, 0.25) is 10.0 Å². The zero-order valence-corrected chi connectivity index (χ0v) is 13.0. The van der Waals surface area contributed by atoms with E-state index >= 15 is 0 Å². The Morgan fingerprint density at radius 1 is 1.35 bits per heavy atom. The second kappa shape index (κ2) is 5.16. The summed E-state index contributed by atoms with van der Waals surface area (Å²) in [5.74, 6) is 0. The van der Waals surface area contributed by atoms with Gasteiger partial charge in [0.2, 0.25) is 0 Å². The Labute approximate surface area is 126 Å². The molecule has 1 heterocycles. The monoisotopic (exact) mass is 334 g/mol. The minimum atomic E-state index is -3.89. The van der Waals surface area contributed by atoms with Gasteiger partial charge in [-0.3, -0.25) is 8.99 Å². The smallest absolute Gasteiger partial charge is 0.282 e. The van der Waals surface area contributed by atoms with Gasteiger partial charge in [-0.05, 0) is 18.2 Å². The Hall–Kier alpha value is -1.44. The van der Waals surface area contributed by atoms with Gasteiger partial charge in [-0.1, -0.05) is 23.2 Å². The Balaban J connectivity index is 2.58. The Morgan fingerprint density at radius 3 is 2.55 bits per heavy atom. The van der Waals surface area contributed by atoms with Crippen LogP contribution in [-0.2, 0) is 17.1 Å². The normalized spacial score (nSPS) is 11.6. The zero-order valence-electron chi connectivity index (χ0n) is 10.7. The Bertz CT molecular complexity index is 738. The van der Waals surface area contributed by atoms with Crippen LogP contribution in [0, 0.1) is 0 Å². The van der Waals surface area contributed by atoms with Crippen LogP contribution in [0.5, 0.6) is 0 Å². The number of rotatable bonds is 3. The minimum absolute atomic E-state index is 0.0416. The molecule has 20 heavy (non-hydrogen) atoms. The maximum Gasteiger partial charge on any atom is 0.282 e. The molecule has 0 atom stereocenters. The van der Waals surface area contributed by atoms with E-state index in [1.165, 1.54) is 37.1 Å². The molecule has 0 saturated carbocycles. The largest absolute Gasteiger partial charge is 0.397 e. The molecule has 0 saturated heterocycles. The third kappa shape index (κ3) is 2.44. The lowest BCUT2D eigenvalue weighted by molar-refractivity contribution is 0.575. The molecule has 0 spiro atoms. The van der Waals surface area contributed by atoms with Gasteiger partial charge in [0.1, 0.15) is 0 Å². The fourth-order valence-electron chi connectivity index (χ4n) is 1.74. The van der Waals surface area contributed by atoms with Crippen molar-refractivity contribution in [2.45, 2.75) is 5.03 Å². The summed E-state index contributed by atoms with van der Waals surface area (Å²) in [6.07, 6.45) is 1.27. The van der Waals surface area contributed by atoms with Crippen LogP contribution in [-0.4, -0.2) is 25.2 Å². The van der Waals surface area contributed by atoms with Crippen LogP contribution >= 0.6 is 23.2 Å². The average molecular weight is 335 g/mol. The second-order valence-electron chi connectivity index (χ2n) is 4.10. The Morgan fingerprint density at radius 2 is 2.00 bits per heavy atom. The molecule has 0 radical (unpaired) electrons. The summed E-state index contributed by atoms with van der Waals surface area (Å²) in [6, 6.07) is 4.59. The van der Waals surface area contributed by atoms with E-state index in [0.29, 0.717) is 10.7 Å². The van der Waals surface area contributed by atoms with Gasteiger partial charge in [0.25, 0.3) is 10.0 Å². The van der Waals surface area contributed by atoms with E-state index in [1.807, 2.05) is 0 Å². The number of sulfonamides is 1. The number of aromatic nitrogens is 2. The summed E-state index contributed by atoms with van der Waals surface area (Å²) in [7, 11) is -1.02. The van der Waals surface area contributed by atoms with Crippen LogP contribution in [0.4, 0.5) is 11.4 Å². The van der Waals surface area contributed by atoms with Crippen molar-refractivity contribution in [1.29, 1.82) is 0 Å². The number of anilines is 2. The molecule has 1 aromatic carbocycles. The predicted octanol–water partition coefficient (Wildman–Crippen LogP) is 2.13. The van der Waals surface area contributed by atoms with Gasteiger partial charge < -0.3 is 5.73 Å². The molecule has 2 N–H and O–H groups in total. The quantitative estimate of drug-likeness (QED) is 0.872. The molecule has 0 unspecified atom stereocenters. The van der Waals surface area contributed by atoms with Gasteiger partial charge in [0.05, 0.1) is 22.6 Å². The third-order valence-electron chi connectivity index (χ3n) is 2.78. The summed E-state index contributed by atoms with van der Waals surface area (Å²) in [4.78, 5) is 0. The second-order valence-corrected chi connectivity index (χ2v) is 6.83. The van der Waals surface area contributed by atoms with Gasteiger partial charge in [-0.2, -0.15) is 13.5 Å². The first-order chi connectivity index (χ1) is 9.25. The van der Waals surface area contributed by atoms with Crippen molar-refractivity contribution in [3.05, 3.63) is 34.4 Å². The summed E-state index contributed by atoms with van der Waals surface area (Å²) in [5, 5.41) is 4.13. The van der Waals surface area contributed by atoms with E-state index in [2.05, 4.69) is 5.10 Å². The van der Waals surface area contributed by atoms with E-state index in [9.17, 15) is 8.42 Å². The van der Waals surface area contributed by atoms with E-state index < -0.39 is 10.0 Å². The van der Waals surface area contributed by atoms with Crippen LogP contribution in [0.25, 0.3) is 0 Å². The van der Waals surface area contributed by atoms with Gasteiger partial charge in [0, 0.05) is 19.1 Å². The number of hydrogen-bond donors (Lipinski definition) is 1. The van der Waals surface area contributed by atoms with E-state index in [-0.39, 0.29) is 15.7 Å². The standard InChI is InChI=1S/C11H12Cl2N4O2S/c1-16-11(8(13)6-15-16)20(18,19)17(2)10-5-7(12)3-4-9(10)14/h3-6H,14H2,1-2H3. The van der Waals surface area contributed by atoms with E-state index in [0.717, 1.165) is 4.31 Å². The maximum absolute atomic E-state index is 12.6. The first-order valence-electron chi connectivity index (χ1n) is 5.46. The molecule has 9 heteroatoms. The molecule has 2 rings (SSSR count). The maximum atomic E-state index is 12.6. The van der Waals surface area contributed by atoms with Crippen LogP contribution < -0.4 is 10.0 Å². The van der Waals surface area contributed by atoms with E-state index in [4.69, 9.17) is 28.9 Å². The number of nitrogens with two attached hydrogens (primary N) is 1. The summed E-state index contributed by atoms with van der Waals surface area (Å²) in [6.45, 7) is 0. The highest BCUT2D eigenvalue weighted by molar-refractivity contribution is 7.92. The molecule has 108 valence electrons. The number of nitrogen functional groups attached to an aromatic ring is 1. The molecule has 2 aromatic rings. The molecular weight excluding hydrogens is 323 g/mol. The van der Waals surface area contributed by atoms with Crippen LogP contribution in [0.15, 0.2) is 29.4 Å². The summed E-state index contributed by atoms with van der Waals surface area (Å²) >= 11 is 11.8. The van der Waals surface area contributed by atoms with Crippen molar-refractivity contribution >= 4 is 44.6 Å². The Kier molecular flexibility index (Phi) is 3.86. The summed E-state index contributed by atoms with van der Waals surface area (Å²) < 4.78 is 27.4. The van der Waals surface area contributed by atoms with Gasteiger partial charge >= 0.3 is 0 Å². The van der Waals surface area contributed by atoms with Crippen molar-refractivity contribution < 1.29 is 8.42 Å². The molecular formula is C11H12Cl2N4O2S. The fourth-order valence-corrected chi connectivity index (χ4v) is 3.72. The van der Waals surface area contributed by atoms with Crippen molar-refractivity contribution in [2.24, 2.45) is 7.05 Å². The number of aryl methyl sites for hydroxylation is 1. The minimum Gasteiger partial charge on any atom is -0.397 e. The lowest BCUT2D eigenvalue weighted by Gasteiger charge is -2.21. The number of halogens is 2. The highest BCUT2D eigenvalue weighted by Gasteiger charge is 2.29. The van der Waals surface area contributed by atoms with E-state index in [1.54, 1.807) is 6.07 Å². The van der Waals surface area contributed by atoms with Crippen molar-refractivity contribution in [2.75, 3.05) is 17.1 Å². The lowest BCUT2D eigenvalue weighted by Crippen LogP contribution is -2.29. The van der Waals surface area contributed by atoms with Gasteiger partial charge in [-0.25, -0.2) is 0 Å². The van der Waals surface area contributed by atoms with Crippen LogP contribution in [0.3, 0.4) is 0 Å². The number of benzene rings is 1. The average Bonchev–Trinajstić information content (AvgIpc) is 2.71. The number of nitrogens with zero attached hydrogens (tertiary/aromatic N) is 3. The molecule has 0 aliphatic carbocycles. The third-order valence-corrected chi connectivity index (χ3v) is 5.29. The highest BCUT2D eigenvalue weighted by Crippen LogP contribution is 2.32.